The molecule has 4 heteroatoms. The molecule has 0 aliphatic rings. The maximum absolute atomic E-state index is 13.7. The Labute approximate surface area is 105 Å². The van der Waals surface area contributed by atoms with Crippen molar-refractivity contribution in [2.75, 3.05) is 0 Å². The van der Waals surface area contributed by atoms with E-state index in [-0.39, 0.29) is 5.56 Å². The van der Waals surface area contributed by atoms with Gasteiger partial charge in [0.15, 0.2) is 0 Å². The van der Waals surface area contributed by atoms with Crippen LogP contribution in [-0.4, -0.2) is 0 Å². The summed E-state index contributed by atoms with van der Waals surface area (Å²) in [6.45, 7) is 2.77. The molecule has 0 spiro atoms. The quantitative estimate of drug-likeness (QED) is 0.899. The molecule has 0 radical (unpaired) electrons. The minimum absolute atomic E-state index is 0.0724. The molecule has 1 aromatic heterocycles. The number of furan rings is 1. The molecule has 92 valence electrons. The maximum atomic E-state index is 13.7. The summed E-state index contributed by atoms with van der Waals surface area (Å²) in [5.41, 5.74) is 0.556. The average molecular weight is 244 g/mol. The van der Waals surface area contributed by atoms with Gasteiger partial charge in [-0.15, -0.1) is 0 Å². The van der Waals surface area contributed by atoms with Gasteiger partial charge in [0.25, 0.3) is 0 Å². The van der Waals surface area contributed by atoms with E-state index in [1.54, 1.807) is 12.1 Å². The van der Waals surface area contributed by atoms with Crippen LogP contribution in [0.2, 0.25) is 0 Å². The number of nitrogens with zero attached hydrogens (tertiary/aromatic N) is 1. The van der Waals surface area contributed by atoms with Gasteiger partial charge in [-0.25, -0.2) is 4.39 Å². The van der Waals surface area contributed by atoms with E-state index < -0.39 is 5.82 Å². The highest BCUT2D eigenvalue weighted by molar-refractivity contribution is 5.34. The summed E-state index contributed by atoms with van der Waals surface area (Å²) in [6.07, 6.45) is 0. The Morgan fingerprint density at radius 3 is 2.78 bits per heavy atom. The number of hydrogen-bond acceptors (Lipinski definition) is 3. The second kappa shape index (κ2) is 5.48. The first-order valence-corrected chi connectivity index (χ1v) is 5.64. The van der Waals surface area contributed by atoms with Crippen molar-refractivity contribution in [3.05, 3.63) is 58.8 Å². The van der Waals surface area contributed by atoms with Gasteiger partial charge >= 0.3 is 0 Å². The molecular formula is C14H13FN2O. The van der Waals surface area contributed by atoms with Gasteiger partial charge in [-0.3, -0.25) is 0 Å². The van der Waals surface area contributed by atoms with E-state index in [4.69, 9.17) is 9.68 Å². The zero-order chi connectivity index (χ0) is 13.0. The Morgan fingerprint density at radius 1 is 1.28 bits per heavy atom. The third kappa shape index (κ3) is 2.76. The molecule has 0 atom stereocenters. The van der Waals surface area contributed by atoms with Crippen LogP contribution in [-0.2, 0) is 13.1 Å². The number of nitrogens with one attached hydrogen (secondary N) is 1. The van der Waals surface area contributed by atoms with E-state index in [0.29, 0.717) is 18.7 Å². The summed E-state index contributed by atoms with van der Waals surface area (Å²) >= 11 is 0. The highest BCUT2D eigenvalue weighted by atomic mass is 19.1. The van der Waals surface area contributed by atoms with Crippen molar-refractivity contribution in [3.63, 3.8) is 0 Å². The van der Waals surface area contributed by atoms with E-state index >= 15 is 0 Å². The van der Waals surface area contributed by atoms with Crippen LogP contribution in [0.5, 0.6) is 0 Å². The third-order valence-electron chi connectivity index (χ3n) is 2.61. The van der Waals surface area contributed by atoms with E-state index in [1.807, 2.05) is 25.1 Å². The van der Waals surface area contributed by atoms with E-state index in [2.05, 4.69) is 5.32 Å². The summed E-state index contributed by atoms with van der Waals surface area (Å²) < 4.78 is 19.1. The van der Waals surface area contributed by atoms with Crippen LogP contribution in [0.4, 0.5) is 4.39 Å². The van der Waals surface area contributed by atoms with Gasteiger partial charge in [-0.2, -0.15) is 5.26 Å². The predicted molar refractivity (Wildman–Crippen MR) is 65.1 cm³/mol. The highest BCUT2D eigenvalue weighted by Gasteiger charge is 2.07. The first kappa shape index (κ1) is 12.3. The van der Waals surface area contributed by atoms with Gasteiger partial charge in [0.2, 0.25) is 0 Å². The maximum Gasteiger partial charge on any atom is 0.145 e. The van der Waals surface area contributed by atoms with Crippen molar-refractivity contribution in [2.45, 2.75) is 20.0 Å². The lowest BCUT2D eigenvalue weighted by Crippen LogP contribution is -2.13. The van der Waals surface area contributed by atoms with Crippen molar-refractivity contribution in [3.8, 4) is 6.07 Å². The van der Waals surface area contributed by atoms with Gasteiger partial charge in [-0.05, 0) is 25.1 Å². The van der Waals surface area contributed by atoms with Crippen LogP contribution in [0.25, 0.3) is 0 Å². The number of benzene rings is 1. The number of hydrogen-bond donors (Lipinski definition) is 1. The molecule has 0 saturated carbocycles. The van der Waals surface area contributed by atoms with Crippen LogP contribution in [0, 0.1) is 24.1 Å². The van der Waals surface area contributed by atoms with Gasteiger partial charge in [0.1, 0.15) is 23.4 Å². The summed E-state index contributed by atoms with van der Waals surface area (Å²) in [5, 5.41) is 11.8. The number of nitriles is 1. The lowest BCUT2D eigenvalue weighted by Gasteiger charge is -2.05. The first-order chi connectivity index (χ1) is 8.70. The minimum atomic E-state index is -0.455. The fourth-order valence-corrected chi connectivity index (χ4v) is 1.70. The molecule has 3 nitrogen and oxygen atoms in total. The molecular weight excluding hydrogens is 231 g/mol. The molecule has 0 aliphatic heterocycles. The zero-order valence-corrected chi connectivity index (χ0v) is 10.0. The fourth-order valence-electron chi connectivity index (χ4n) is 1.70. The Bertz CT molecular complexity index is 584. The Balaban J connectivity index is 1.97. The molecule has 2 aromatic rings. The second-order valence-electron chi connectivity index (χ2n) is 4.01. The molecule has 1 heterocycles. The summed E-state index contributed by atoms with van der Waals surface area (Å²) in [7, 11) is 0. The largest absolute Gasteiger partial charge is 0.465 e. The summed E-state index contributed by atoms with van der Waals surface area (Å²) in [6, 6.07) is 10.4. The molecule has 18 heavy (non-hydrogen) atoms. The second-order valence-corrected chi connectivity index (χ2v) is 4.01. The van der Waals surface area contributed by atoms with Crippen molar-refractivity contribution < 1.29 is 8.81 Å². The normalized spacial score (nSPS) is 10.3. The molecule has 1 aromatic carbocycles. The van der Waals surface area contributed by atoms with E-state index in [0.717, 1.165) is 11.5 Å². The topological polar surface area (TPSA) is 49.0 Å². The Hall–Kier alpha value is -2.12. The lowest BCUT2D eigenvalue weighted by atomic mass is 10.1. The van der Waals surface area contributed by atoms with Crippen LogP contribution >= 0.6 is 0 Å². The Morgan fingerprint density at radius 2 is 2.11 bits per heavy atom. The fraction of sp³-hybridized carbons (Fsp3) is 0.214. The SMILES string of the molecule is Cc1ccc(CNCc2cccc(C#N)c2F)o1. The van der Waals surface area contributed by atoms with Crippen molar-refractivity contribution in [1.82, 2.24) is 5.32 Å². The lowest BCUT2D eigenvalue weighted by molar-refractivity contribution is 0.459. The third-order valence-corrected chi connectivity index (χ3v) is 2.61. The van der Waals surface area contributed by atoms with Crippen molar-refractivity contribution >= 4 is 0 Å². The van der Waals surface area contributed by atoms with Crippen LogP contribution in [0.1, 0.15) is 22.6 Å². The standard InChI is InChI=1S/C14H13FN2O/c1-10-5-6-13(18-10)9-17-8-12-4-2-3-11(7-16)14(12)15/h2-6,17H,8-9H2,1H3. The number of rotatable bonds is 4. The molecule has 0 aliphatic carbocycles. The monoisotopic (exact) mass is 244 g/mol. The van der Waals surface area contributed by atoms with Crippen LogP contribution in [0.15, 0.2) is 34.7 Å². The van der Waals surface area contributed by atoms with Gasteiger partial charge in [0.05, 0.1) is 12.1 Å². The predicted octanol–water partition coefficient (Wildman–Crippen LogP) is 2.89. The van der Waals surface area contributed by atoms with E-state index in [9.17, 15) is 4.39 Å². The summed E-state index contributed by atoms with van der Waals surface area (Å²) in [5.74, 6) is 1.21. The highest BCUT2D eigenvalue weighted by Crippen LogP contribution is 2.12. The van der Waals surface area contributed by atoms with Crippen molar-refractivity contribution in [1.29, 1.82) is 5.26 Å². The smallest absolute Gasteiger partial charge is 0.145 e. The van der Waals surface area contributed by atoms with Crippen LogP contribution < -0.4 is 5.32 Å². The van der Waals surface area contributed by atoms with E-state index in [1.165, 1.54) is 6.07 Å². The van der Waals surface area contributed by atoms with Gasteiger partial charge in [-0.1, -0.05) is 12.1 Å². The summed E-state index contributed by atoms with van der Waals surface area (Å²) in [4.78, 5) is 0. The van der Waals surface area contributed by atoms with Crippen molar-refractivity contribution in [2.24, 2.45) is 0 Å². The molecule has 1 N–H and O–H groups in total. The minimum Gasteiger partial charge on any atom is -0.465 e. The van der Waals surface area contributed by atoms with Crippen LogP contribution in [0.3, 0.4) is 0 Å². The molecule has 0 saturated heterocycles. The molecule has 0 amide bonds. The molecule has 0 bridgehead atoms. The Kier molecular flexibility index (Phi) is 3.75. The first-order valence-electron chi connectivity index (χ1n) is 5.64. The number of aryl methyl sites for hydroxylation is 1. The molecule has 0 unspecified atom stereocenters. The average Bonchev–Trinajstić information content (AvgIpc) is 2.77. The molecule has 2 rings (SSSR count). The zero-order valence-electron chi connectivity index (χ0n) is 10.0. The molecule has 0 fully saturated rings. The van der Waals surface area contributed by atoms with Gasteiger partial charge in [0, 0.05) is 12.1 Å². The number of halogens is 1. The van der Waals surface area contributed by atoms with Gasteiger partial charge < -0.3 is 9.73 Å².